The SMILES string of the molecule is C=C1/C=C/CC/C=C/C(OC)C(O)C(C)C(/C(C)=C/C(C)C(=O)CCCC(CC)CC(=O)NC=O)C1.CC. The van der Waals surface area contributed by atoms with Gasteiger partial charge in [-0.15, -0.1) is 0 Å². The van der Waals surface area contributed by atoms with Gasteiger partial charge in [-0.1, -0.05) is 89.1 Å². The highest BCUT2D eigenvalue weighted by molar-refractivity contribution is 5.85. The molecule has 6 nitrogen and oxygen atoms in total. The molecule has 38 heavy (non-hydrogen) atoms. The van der Waals surface area contributed by atoms with Crippen LogP contribution >= 0.6 is 0 Å². The van der Waals surface area contributed by atoms with Gasteiger partial charge in [0.2, 0.25) is 12.3 Å². The second kappa shape index (κ2) is 20.6. The summed E-state index contributed by atoms with van der Waals surface area (Å²) in [7, 11) is 1.62. The lowest BCUT2D eigenvalue weighted by Gasteiger charge is -2.32. The molecule has 1 aliphatic rings. The number of carbonyl (C=O) groups is 3. The molecule has 0 aromatic carbocycles. The van der Waals surface area contributed by atoms with Crippen molar-refractivity contribution < 1.29 is 24.2 Å². The summed E-state index contributed by atoms with van der Waals surface area (Å²) in [5.41, 5.74) is 2.08. The fourth-order valence-electron chi connectivity index (χ4n) is 4.89. The molecule has 6 atom stereocenters. The van der Waals surface area contributed by atoms with Crippen LogP contribution in [0.4, 0.5) is 0 Å². The molecular formula is C32H53NO5. The molecule has 0 aromatic rings. The summed E-state index contributed by atoms with van der Waals surface area (Å²) in [6, 6.07) is 0. The zero-order chi connectivity index (χ0) is 29.1. The Morgan fingerprint density at radius 1 is 1.26 bits per heavy atom. The monoisotopic (exact) mass is 531 g/mol. The number of hydrogen-bond donors (Lipinski definition) is 2. The maximum Gasteiger partial charge on any atom is 0.226 e. The van der Waals surface area contributed by atoms with Crippen molar-refractivity contribution in [2.24, 2.45) is 23.7 Å². The normalized spacial score (nSPS) is 25.9. The Labute approximate surface area is 231 Å². The van der Waals surface area contributed by atoms with E-state index in [1.807, 2.05) is 53.7 Å². The van der Waals surface area contributed by atoms with Gasteiger partial charge < -0.3 is 9.84 Å². The minimum Gasteiger partial charge on any atom is -0.390 e. The van der Waals surface area contributed by atoms with Gasteiger partial charge in [0.25, 0.3) is 0 Å². The minimum atomic E-state index is -0.677. The summed E-state index contributed by atoms with van der Waals surface area (Å²) < 4.78 is 5.57. The highest BCUT2D eigenvalue weighted by Gasteiger charge is 2.31. The largest absolute Gasteiger partial charge is 0.390 e. The van der Waals surface area contributed by atoms with Crippen molar-refractivity contribution in [2.75, 3.05) is 7.11 Å². The second-order valence-electron chi connectivity index (χ2n) is 10.1. The van der Waals surface area contributed by atoms with Crippen LogP contribution in [0.25, 0.3) is 0 Å². The summed E-state index contributed by atoms with van der Waals surface area (Å²) in [5.74, 6) is -0.253. The number of aliphatic hydroxyl groups excluding tert-OH is 1. The van der Waals surface area contributed by atoms with Crippen LogP contribution in [0.15, 0.2) is 48.1 Å². The standard InChI is InChI=1S/C30H47NO5.C2H6/c1-7-25(19-29(34)31-20-32)14-12-15-27(33)23(4)18-22(3)26-17-21(2)13-10-8-9-11-16-28(36-6)30(35)24(26)5;1-2/h10-11,13,16,18,20,23-26,28,30,35H,2,7-9,12,14-15,17,19H2,1,3-6H3,(H,31,32,34);1-2H3/b13-10+,16-11+,22-18+;. The van der Waals surface area contributed by atoms with Gasteiger partial charge in [-0.05, 0) is 56.8 Å². The van der Waals surface area contributed by atoms with Crippen LogP contribution in [-0.2, 0) is 19.1 Å². The molecule has 6 unspecified atom stereocenters. The lowest BCUT2D eigenvalue weighted by atomic mass is 9.77. The van der Waals surface area contributed by atoms with Crippen LogP contribution in [0.2, 0.25) is 0 Å². The maximum absolute atomic E-state index is 12.9. The van der Waals surface area contributed by atoms with Crippen LogP contribution in [0, 0.1) is 23.7 Å². The molecule has 216 valence electrons. The average Bonchev–Trinajstić information content (AvgIpc) is 2.90. The number of nitrogens with one attached hydrogen (secondary N) is 1. The van der Waals surface area contributed by atoms with E-state index in [0.717, 1.165) is 36.8 Å². The van der Waals surface area contributed by atoms with Crippen molar-refractivity contribution in [2.45, 2.75) is 105 Å². The van der Waals surface area contributed by atoms with Crippen LogP contribution in [-0.4, -0.2) is 42.5 Å². The molecule has 2 N–H and O–H groups in total. The molecule has 0 saturated carbocycles. The van der Waals surface area contributed by atoms with Crippen LogP contribution in [0.1, 0.15) is 92.9 Å². The lowest BCUT2D eigenvalue weighted by Crippen LogP contribution is -2.36. The molecule has 0 aromatic heterocycles. The zero-order valence-corrected chi connectivity index (χ0v) is 24.9. The van der Waals surface area contributed by atoms with Crippen LogP contribution in [0.3, 0.4) is 0 Å². The van der Waals surface area contributed by atoms with Crippen molar-refractivity contribution in [3.63, 3.8) is 0 Å². The van der Waals surface area contributed by atoms with E-state index in [9.17, 15) is 19.5 Å². The van der Waals surface area contributed by atoms with Crippen molar-refractivity contribution in [3.05, 3.63) is 48.1 Å². The fourth-order valence-corrected chi connectivity index (χ4v) is 4.89. The first-order valence-corrected chi connectivity index (χ1v) is 14.3. The number of Topliss-reactive ketones (excluding diaryl/α,β-unsaturated/α-hetero) is 1. The predicted molar refractivity (Wildman–Crippen MR) is 156 cm³/mol. The highest BCUT2D eigenvalue weighted by Crippen LogP contribution is 2.33. The molecule has 0 saturated heterocycles. The number of carbonyl (C=O) groups excluding carboxylic acids is 3. The number of amides is 2. The summed E-state index contributed by atoms with van der Waals surface area (Å²) in [6.07, 6.45) is 15.1. The Hall–Kier alpha value is -2.31. The van der Waals surface area contributed by atoms with Gasteiger partial charge in [0.05, 0.1) is 6.10 Å². The van der Waals surface area contributed by atoms with Gasteiger partial charge in [0.1, 0.15) is 11.9 Å². The smallest absolute Gasteiger partial charge is 0.226 e. The van der Waals surface area contributed by atoms with E-state index in [1.54, 1.807) is 7.11 Å². The third-order valence-electron chi connectivity index (χ3n) is 7.36. The van der Waals surface area contributed by atoms with Gasteiger partial charge in [-0.25, -0.2) is 0 Å². The first kappa shape index (κ1) is 35.7. The van der Waals surface area contributed by atoms with Crippen molar-refractivity contribution in [3.8, 4) is 0 Å². The summed E-state index contributed by atoms with van der Waals surface area (Å²) in [4.78, 5) is 35.0. The van der Waals surface area contributed by atoms with Gasteiger partial charge in [0, 0.05) is 25.9 Å². The van der Waals surface area contributed by atoms with Crippen molar-refractivity contribution in [1.82, 2.24) is 5.32 Å². The first-order chi connectivity index (χ1) is 18.1. The third kappa shape index (κ3) is 13.5. The Morgan fingerprint density at radius 3 is 2.53 bits per heavy atom. The zero-order valence-electron chi connectivity index (χ0n) is 24.9. The molecule has 1 aliphatic carbocycles. The molecule has 0 aliphatic heterocycles. The summed E-state index contributed by atoms with van der Waals surface area (Å²) in [6.45, 7) is 16.2. The second-order valence-corrected chi connectivity index (χ2v) is 10.1. The van der Waals surface area contributed by atoms with E-state index < -0.39 is 6.10 Å². The number of rotatable bonds is 12. The van der Waals surface area contributed by atoms with Crippen molar-refractivity contribution >= 4 is 18.1 Å². The van der Waals surface area contributed by atoms with Gasteiger partial charge in [-0.3, -0.25) is 19.7 Å². The number of imide groups is 1. The molecule has 2 amide bonds. The topological polar surface area (TPSA) is 92.7 Å². The van der Waals surface area contributed by atoms with Gasteiger partial charge in [0.15, 0.2) is 0 Å². The van der Waals surface area contributed by atoms with Gasteiger partial charge >= 0.3 is 0 Å². The molecule has 1 rings (SSSR count). The molecule has 0 bridgehead atoms. The molecule has 0 fully saturated rings. The number of methoxy groups -OCH3 is 1. The average molecular weight is 532 g/mol. The Bertz CT molecular complexity index is 813. The van der Waals surface area contributed by atoms with Crippen molar-refractivity contribution in [1.29, 1.82) is 0 Å². The molecule has 0 spiro atoms. The summed E-state index contributed by atoms with van der Waals surface area (Å²) in [5, 5.41) is 13.3. The number of aliphatic hydroxyl groups is 1. The van der Waals surface area contributed by atoms with E-state index in [1.165, 1.54) is 0 Å². The Kier molecular flexibility index (Phi) is 19.4. The number of ether oxygens (including phenoxy) is 1. The third-order valence-corrected chi connectivity index (χ3v) is 7.36. The van der Waals surface area contributed by atoms with Gasteiger partial charge in [-0.2, -0.15) is 0 Å². The molecule has 0 radical (unpaired) electrons. The Morgan fingerprint density at radius 2 is 1.92 bits per heavy atom. The molecule has 6 heteroatoms. The van der Waals surface area contributed by atoms with E-state index in [-0.39, 0.29) is 41.5 Å². The molecule has 0 heterocycles. The first-order valence-electron chi connectivity index (χ1n) is 14.3. The number of ketones is 1. The lowest BCUT2D eigenvalue weighted by molar-refractivity contribution is -0.126. The molecular weight excluding hydrogens is 478 g/mol. The quantitative estimate of drug-likeness (QED) is 0.221. The van der Waals surface area contributed by atoms with E-state index in [0.29, 0.717) is 32.1 Å². The predicted octanol–water partition coefficient (Wildman–Crippen LogP) is 6.50. The Balaban J connectivity index is 0.00000667. The van der Waals surface area contributed by atoms with Crippen LogP contribution in [0.5, 0.6) is 0 Å². The fraction of sp³-hybridized carbons (Fsp3) is 0.656. The van der Waals surface area contributed by atoms with E-state index in [4.69, 9.17) is 4.74 Å². The highest BCUT2D eigenvalue weighted by atomic mass is 16.5. The van der Waals surface area contributed by atoms with E-state index in [2.05, 4.69) is 30.1 Å². The van der Waals surface area contributed by atoms with E-state index >= 15 is 0 Å². The maximum atomic E-state index is 12.9. The summed E-state index contributed by atoms with van der Waals surface area (Å²) >= 11 is 0. The number of allylic oxidation sites excluding steroid dienone is 6. The van der Waals surface area contributed by atoms with Crippen LogP contribution < -0.4 is 5.32 Å². The minimum absolute atomic E-state index is 0.0266. The number of hydrogen-bond acceptors (Lipinski definition) is 5.